The largest absolute Gasteiger partial charge is 0.298 e. The van der Waals surface area contributed by atoms with Gasteiger partial charge in [-0.3, -0.25) is 9.79 Å². The highest BCUT2D eigenvalue weighted by Gasteiger charge is 2.05. The van der Waals surface area contributed by atoms with Gasteiger partial charge in [0.25, 0.3) is 0 Å². The molecule has 66 valence electrons. The summed E-state index contributed by atoms with van der Waals surface area (Å²) in [6, 6.07) is 2.55. The van der Waals surface area contributed by atoms with Gasteiger partial charge < -0.3 is 0 Å². The summed E-state index contributed by atoms with van der Waals surface area (Å²) < 4.78 is 13.0. The van der Waals surface area contributed by atoms with Crippen molar-refractivity contribution < 1.29 is 9.18 Å². The fraction of sp³-hybridized carbons (Fsp3) is 0. The van der Waals surface area contributed by atoms with Crippen molar-refractivity contribution in [2.24, 2.45) is 4.99 Å². The maximum atomic E-state index is 13.0. The smallest absolute Gasteiger partial charge is 0.153 e. The average Bonchev–Trinajstić information content (AvgIpc) is 2.17. The van der Waals surface area contributed by atoms with E-state index < -0.39 is 5.82 Å². The first-order chi connectivity index (χ1) is 6.22. The number of hydrogen-bond donors (Lipinski definition) is 0. The molecule has 0 radical (unpaired) electrons. The van der Waals surface area contributed by atoms with Gasteiger partial charge in [-0.25, -0.2) is 4.39 Å². The Hall–Kier alpha value is -1.77. The van der Waals surface area contributed by atoms with Crippen LogP contribution in [-0.4, -0.2) is 13.0 Å². The number of aldehydes is 1. The van der Waals surface area contributed by atoms with Gasteiger partial charge in [-0.2, -0.15) is 0 Å². The molecule has 0 aromatic heterocycles. The van der Waals surface area contributed by atoms with Crippen LogP contribution in [0.2, 0.25) is 0 Å². The topological polar surface area (TPSA) is 29.4 Å². The van der Waals surface area contributed by atoms with Gasteiger partial charge in [0.2, 0.25) is 0 Å². The second kappa shape index (κ2) is 3.76. The molecule has 1 rings (SSSR count). The summed E-state index contributed by atoms with van der Waals surface area (Å²) in [5.41, 5.74) is 0.985. The lowest BCUT2D eigenvalue weighted by molar-refractivity contribution is 0.112. The van der Waals surface area contributed by atoms with Crippen molar-refractivity contribution >= 4 is 24.8 Å². The summed E-state index contributed by atoms with van der Waals surface area (Å²) in [7, 11) is 0. The van der Waals surface area contributed by atoms with Gasteiger partial charge in [-0.05, 0) is 12.8 Å². The molecule has 0 amide bonds. The fourth-order valence-electron chi connectivity index (χ4n) is 0.988. The molecule has 13 heavy (non-hydrogen) atoms. The van der Waals surface area contributed by atoms with Crippen LogP contribution in [0.25, 0.3) is 6.08 Å². The molecule has 3 heteroatoms. The van der Waals surface area contributed by atoms with E-state index in [1.165, 1.54) is 12.1 Å². The Labute approximate surface area is 75.4 Å². The quantitative estimate of drug-likeness (QED) is 0.515. The van der Waals surface area contributed by atoms with Gasteiger partial charge in [0.15, 0.2) is 6.29 Å². The molecule has 0 unspecified atom stereocenters. The third kappa shape index (κ3) is 1.69. The van der Waals surface area contributed by atoms with E-state index in [0.717, 1.165) is 6.07 Å². The molecule has 0 aliphatic carbocycles. The Morgan fingerprint density at radius 2 is 2.08 bits per heavy atom. The highest BCUT2D eigenvalue weighted by atomic mass is 19.1. The molecule has 0 fully saturated rings. The van der Waals surface area contributed by atoms with Gasteiger partial charge in [0.05, 0.1) is 11.3 Å². The van der Waals surface area contributed by atoms with Crippen LogP contribution >= 0.6 is 0 Å². The van der Waals surface area contributed by atoms with Crippen molar-refractivity contribution in [3.63, 3.8) is 0 Å². The SMILES string of the molecule is C=Cc1cc(C=O)c(F)cc1N=C. The van der Waals surface area contributed by atoms with Gasteiger partial charge in [0, 0.05) is 11.6 Å². The molecule has 0 N–H and O–H groups in total. The molecule has 0 saturated heterocycles. The van der Waals surface area contributed by atoms with Crippen LogP contribution in [0.4, 0.5) is 10.1 Å². The summed E-state index contributed by atoms with van der Waals surface area (Å²) in [5, 5.41) is 0. The van der Waals surface area contributed by atoms with Crippen molar-refractivity contribution in [3.8, 4) is 0 Å². The first-order valence-electron chi connectivity index (χ1n) is 3.60. The Morgan fingerprint density at radius 1 is 1.38 bits per heavy atom. The van der Waals surface area contributed by atoms with Gasteiger partial charge in [-0.1, -0.05) is 12.7 Å². The van der Waals surface area contributed by atoms with Crippen LogP contribution in [-0.2, 0) is 0 Å². The van der Waals surface area contributed by atoms with Gasteiger partial charge in [-0.15, -0.1) is 0 Å². The molecule has 1 aromatic carbocycles. The van der Waals surface area contributed by atoms with Crippen molar-refractivity contribution in [1.29, 1.82) is 0 Å². The van der Waals surface area contributed by atoms with Crippen molar-refractivity contribution in [3.05, 3.63) is 35.7 Å². The standard InChI is InChI=1S/C10H8FNO/c1-3-7-4-8(6-13)9(11)5-10(7)12-2/h3-6H,1-2H2. The van der Waals surface area contributed by atoms with Crippen LogP contribution in [0.5, 0.6) is 0 Å². The first kappa shape index (κ1) is 9.32. The third-order valence-corrected chi connectivity index (χ3v) is 1.66. The molecule has 0 aliphatic heterocycles. The van der Waals surface area contributed by atoms with Crippen molar-refractivity contribution in [1.82, 2.24) is 0 Å². The lowest BCUT2D eigenvalue weighted by Crippen LogP contribution is -1.88. The maximum Gasteiger partial charge on any atom is 0.153 e. The van der Waals surface area contributed by atoms with E-state index in [0.29, 0.717) is 17.5 Å². The lowest BCUT2D eigenvalue weighted by atomic mass is 10.1. The summed E-state index contributed by atoms with van der Waals surface area (Å²) in [5.74, 6) is -0.594. The number of carbonyl (C=O) groups is 1. The molecule has 0 atom stereocenters. The highest BCUT2D eigenvalue weighted by molar-refractivity contribution is 5.79. The summed E-state index contributed by atoms with van der Waals surface area (Å²) in [4.78, 5) is 14.0. The second-order valence-corrected chi connectivity index (χ2v) is 2.41. The van der Waals surface area contributed by atoms with Crippen LogP contribution < -0.4 is 0 Å². The summed E-state index contributed by atoms with van der Waals surface area (Å²) in [6.45, 7) is 6.80. The molecule has 0 saturated carbocycles. The normalized spacial score (nSPS) is 9.31. The highest BCUT2D eigenvalue weighted by Crippen LogP contribution is 2.23. The monoisotopic (exact) mass is 177 g/mol. The molecule has 0 aliphatic rings. The molecule has 0 bridgehead atoms. The minimum atomic E-state index is -0.594. The van der Waals surface area contributed by atoms with E-state index in [1.54, 1.807) is 0 Å². The zero-order valence-electron chi connectivity index (χ0n) is 6.96. The molecule has 1 aromatic rings. The minimum Gasteiger partial charge on any atom is -0.298 e. The Balaban J connectivity index is 3.42. The first-order valence-corrected chi connectivity index (χ1v) is 3.60. The number of carbonyl (C=O) groups excluding carboxylic acids is 1. The molecular weight excluding hydrogens is 169 g/mol. The summed E-state index contributed by atoms with van der Waals surface area (Å²) >= 11 is 0. The molecule has 2 nitrogen and oxygen atoms in total. The van der Waals surface area contributed by atoms with E-state index in [9.17, 15) is 9.18 Å². The maximum absolute atomic E-state index is 13.0. The number of rotatable bonds is 3. The van der Waals surface area contributed by atoms with Crippen LogP contribution in [0.3, 0.4) is 0 Å². The third-order valence-electron chi connectivity index (χ3n) is 1.66. The molecule has 0 heterocycles. The predicted octanol–water partition coefficient (Wildman–Crippen LogP) is 2.61. The number of halogens is 1. The number of benzene rings is 1. The predicted molar refractivity (Wildman–Crippen MR) is 51.1 cm³/mol. The van der Waals surface area contributed by atoms with Gasteiger partial charge >= 0.3 is 0 Å². The Morgan fingerprint density at radius 3 is 2.54 bits per heavy atom. The molecule has 0 spiro atoms. The fourth-order valence-corrected chi connectivity index (χ4v) is 0.988. The summed E-state index contributed by atoms with van der Waals surface area (Å²) in [6.07, 6.45) is 1.95. The zero-order valence-corrected chi connectivity index (χ0v) is 6.96. The zero-order chi connectivity index (χ0) is 9.84. The van der Waals surface area contributed by atoms with E-state index in [4.69, 9.17) is 0 Å². The Kier molecular flexibility index (Phi) is 2.69. The second-order valence-electron chi connectivity index (χ2n) is 2.41. The van der Waals surface area contributed by atoms with Crippen LogP contribution in [0, 0.1) is 5.82 Å². The number of nitrogens with zero attached hydrogens (tertiary/aromatic N) is 1. The van der Waals surface area contributed by atoms with E-state index in [1.807, 2.05) is 0 Å². The van der Waals surface area contributed by atoms with Crippen molar-refractivity contribution in [2.45, 2.75) is 0 Å². The average molecular weight is 177 g/mol. The van der Waals surface area contributed by atoms with Gasteiger partial charge in [0.1, 0.15) is 5.82 Å². The van der Waals surface area contributed by atoms with Crippen LogP contribution in [0.1, 0.15) is 15.9 Å². The van der Waals surface area contributed by atoms with E-state index in [2.05, 4.69) is 18.3 Å². The number of aliphatic imine (C=N–C) groups is 1. The van der Waals surface area contributed by atoms with E-state index in [-0.39, 0.29) is 5.56 Å². The minimum absolute atomic E-state index is 0.00213. The number of hydrogen-bond acceptors (Lipinski definition) is 2. The van der Waals surface area contributed by atoms with Crippen molar-refractivity contribution in [2.75, 3.05) is 0 Å². The lowest BCUT2D eigenvalue weighted by Gasteiger charge is -2.01. The Bertz CT molecular complexity index is 371. The van der Waals surface area contributed by atoms with Crippen LogP contribution in [0.15, 0.2) is 23.7 Å². The molecular formula is C10H8FNO. The van der Waals surface area contributed by atoms with E-state index >= 15 is 0 Å².